The van der Waals surface area contributed by atoms with E-state index in [0.717, 1.165) is 49.7 Å². The van der Waals surface area contributed by atoms with Crippen LogP contribution in [0.1, 0.15) is 34.3 Å². The van der Waals surface area contributed by atoms with Crippen LogP contribution in [0.15, 0.2) is 42.5 Å². The molecule has 1 saturated heterocycles. The number of hydrogen-bond acceptors (Lipinski definition) is 2. The van der Waals surface area contributed by atoms with Crippen molar-refractivity contribution in [2.24, 2.45) is 5.92 Å². The number of aromatic carboxylic acids is 1. The maximum Gasteiger partial charge on any atom is 0.335 e. The number of carboxylic acid groups (broad SMARTS) is 1. The van der Waals surface area contributed by atoms with Crippen LogP contribution in [0.25, 0.3) is 0 Å². The third kappa shape index (κ3) is 4.86. The summed E-state index contributed by atoms with van der Waals surface area (Å²) in [6.45, 7) is 2.66. The van der Waals surface area contributed by atoms with Crippen LogP contribution in [-0.4, -0.2) is 29.1 Å². The molecule has 2 aromatic rings. The molecule has 1 N–H and O–H groups in total. The van der Waals surface area contributed by atoms with Gasteiger partial charge in [-0.25, -0.2) is 13.6 Å². The molecule has 0 amide bonds. The third-order valence-electron chi connectivity index (χ3n) is 4.76. The molecule has 0 bridgehead atoms. The molecule has 0 atom stereocenters. The van der Waals surface area contributed by atoms with Crippen molar-refractivity contribution in [1.82, 2.24) is 4.90 Å². The van der Waals surface area contributed by atoms with Gasteiger partial charge in [-0.3, -0.25) is 4.90 Å². The molecule has 132 valence electrons. The van der Waals surface area contributed by atoms with Gasteiger partial charge in [0.1, 0.15) is 11.6 Å². The number of likely N-dealkylation sites (tertiary alicyclic amines) is 1. The molecule has 3 nitrogen and oxygen atoms in total. The topological polar surface area (TPSA) is 40.5 Å². The van der Waals surface area contributed by atoms with E-state index in [0.29, 0.717) is 17.9 Å². The van der Waals surface area contributed by atoms with Gasteiger partial charge in [0, 0.05) is 12.6 Å². The van der Waals surface area contributed by atoms with Crippen molar-refractivity contribution >= 4 is 5.97 Å². The maximum absolute atomic E-state index is 13.3. The minimum Gasteiger partial charge on any atom is -0.478 e. The van der Waals surface area contributed by atoms with Crippen LogP contribution in [0.4, 0.5) is 8.78 Å². The first-order valence-electron chi connectivity index (χ1n) is 8.49. The number of rotatable bonds is 5. The Balaban J connectivity index is 1.50. The van der Waals surface area contributed by atoms with E-state index in [1.807, 2.05) is 12.1 Å². The van der Waals surface area contributed by atoms with Gasteiger partial charge in [0.2, 0.25) is 0 Å². The zero-order chi connectivity index (χ0) is 17.8. The molecule has 0 aromatic heterocycles. The smallest absolute Gasteiger partial charge is 0.335 e. The number of halogens is 2. The summed E-state index contributed by atoms with van der Waals surface area (Å²) in [6, 6.07) is 10.7. The van der Waals surface area contributed by atoms with Gasteiger partial charge in [0.25, 0.3) is 0 Å². The normalized spacial score (nSPS) is 16.1. The molecule has 0 unspecified atom stereocenters. The second kappa shape index (κ2) is 7.74. The standard InChI is InChI=1S/C20H21F2NO2/c21-18-10-16(11-19(22)12-18)9-14-5-7-23(8-6-14)13-15-1-3-17(4-2-15)20(24)25/h1-4,10-12,14H,5-9,13H2,(H,24,25). The van der Waals surface area contributed by atoms with E-state index in [1.165, 1.54) is 12.1 Å². The quantitative estimate of drug-likeness (QED) is 0.886. The van der Waals surface area contributed by atoms with Crippen LogP contribution in [0, 0.1) is 17.6 Å². The molecule has 1 heterocycles. The van der Waals surface area contributed by atoms with Crippen LogP contribution in [-0.2, 0) is 13.0 Å². The molecule has 1 aliphatic heterocycles. The summed E-state index contributed by atoms with van der Waals surface area (Å²) in [5, 5.41) is 8.92. The van der Waals surface area contributed by atoms with Crippen molar-refractivity contribution in [1.29, 1.82) is 0 Å². The fourth-order valence-electron chi connectivity index (χ4n) is 3.42. The van der Waals surface area contributed by atoms with Crippen molar-refractivity contribution in [3.63, 3.8) is 0 Å². The fourth-order valence-corrected chi connectivity index (χ4v) is 3.42. The van der Waals surface area contributed by atoms with Crippen LogP contribution >= 0.6 is 0 Å². The fraction of sp³-hybridized carbons (Fsp3) is 0.350. The van der Waals surface area contributed by atoms with Gasteiger partial charge in [-0.15, -0.1) is 0 Å². The van der Waals surface area contributed by atoms with Crippen molar-refractivity contribution in [2.75, 3.05) is 13.1 Å². The maximum atomic E-state index is 13.3. The lowest BCUT2D eigenvalue weighted by Gasteiger charge is -2.32. The molecular weight excluding hydrogens is 324 g/mol. The second-order valence-electron chi connectivity index (χ2n) is 6.70. The Morgan fingerprint density at radius 1 is 1.00 bits per heavy atom. The van der Waals surface area contributed by atoms with E-state index in [4.69, 9.17) is 5.11 Å². The summed E-state index contributed by atoms with van der Waals surface area (Å²) in [5.74, 6) is -1.51. The Bertz CT molecular complexity index is 718. The van der Waals surface area contributed by atoms with Gasteiger partial charge in [0.05, 0.1) is 5.56 Å². The van der Waals surface area contributed by atoms with Crippen LogP contribution in [0.5, 0.6) is 0 Å². The minimum atomic E-state index is -0.916. The first kappa shape index (κ1) is 17.5. The van der Waals surface area contributed by atoms with Crippen molar-refractivity contribution in [2.45, 2.75) is 25.8 Å². The highest BCUT2D eigenvalue weighted by Gasteiger charge is 2.20. The van der Waals surface area contributed by atoms with Gasteiger partial charge < -0.3 is 5.11 Å². The SMILES string of the molecule is O=C(O)c1ccc(CN2CCC(Cc3cc(F)cc(F)c3)CC2)cc1. The Hall–Kier alpha value is -2.27. The number of piperidine rings is 1. The Labute approximate surface area is 145 Å². The molecule has 0 spiro atoms. The van der Waals surface area contributed by atoms with Gasteiger partial charge in [-0.2, -0.15) is 0 Å². The lowest BCUT2D eigenvalue weighted by Crippen LogP contribution is -2.33. The van der Waals surface area contributed by atoms with Gasteiger partial charge in [0.15, 0.2) is 0 Å². The number of carboxylic acids is 1. The van der Waals surface area contributed by atoms with Crippen LogP contribution in [0.2, 0.25) is 0 Å². The average molecular weight is 345 g/mol. The molecule has 0 aliphatic carbocycles. The summed E-state index contributed by atoms with van der Waals surface area (Å²) in [6.07, 6.45) is 2.69. The summed E-state index contributed by atoms with van der Waals surface area (Å²) in [7, 11) is 0. The van der Waals surface area contributed by atoms with Gasteiger partial charge in [-0.1, -0.05) is 12.1 Å². The van der Waals surface area contributed by atoms with Crippen LogP contribution in [0.3, 0.4) is 0 Å². The minimum absolute atomic E-state index is 0.296. The number of hydrogen-bond donors (Lipinski definition) is 1. The monoisotopic (exact) mass is 345 g/mol. The van der Waals surface area contributed by atoms with Crippen molar-refractivity contribution < 1.29 is 18.7 Å². The van der Waals surface area contributed by atoms with E-state index >= 15 is 0 Å². The van der Waals surface area contributed by atoms with E-state index in [2.05, 4.69) is 4.90 Å². The van der Waals surface area contributed by atoms with E-state index in [9.17, 15) is 13.6 Å². The summed E-state index contributed by atoms with van der Waals surface area (Å²) in [4.78, 5) is 13.2. The first-order valence-corrected chi connectivity index (χ1v) is 8.49. The highest BCUT2D eigenvalue weighted by Crippen LogP contribution is 2.23. The summed E-state index contributed by atoms with van der Waals surface area (Å²) < 4.78 is 26.6. The van der Waals surface area contributed by atoms with E-state index in [1.54, 1.807) is 12.1 Å². The Kier molecular flexibility index (Phi) is 5.43. The number of carbonyl (C=O) groups is 1. The highest BCUT2D eigenvalue weighted by molar-refractivity contribution is 5.87. The predicted molar refractivity (Wildman–Crippen MR) is 91.5 cm³/mol. The molecule has 25 heavy (non-hydrogen) atoms. The first-order chi connectivity index (χ1) is 12.0. The molecule has 1 fully saturated rings. The molecule has 1 aliphatic rings. The summed E-state index contributed by atoms with van der Waals surface area (Å²) >= 11 is 0. The summed E-state index contributed by atoms with van der Waals surface area (Å²) in [5.41, 5.74) is 2.11. The molecule has 3 rings (SSSR count). The van der Waals surface area contributed by atoms with Crippen molar-refractivity contribution in [3.8, 4) is 0 Å². The second-order valence-corrected chi connectivity index (χ2v) is 6.70. The number of nitrogens with zero attached hydrogens (tertiary/aromatic N) is 1. The molecule has 5 heteroatoms. The Morgan fingerprint density at radius 3 is 2.16 bits per heavy atom. The lowest BCUT2D eigenvalue weighted by atomic mass is 9.90. The molecule has 0 radical (unpaired) electrons. The van der Waals surface area contributed by atoms with Crippen molar-refractivity contribution in [3.05, 3.63) is 70.8 Å². The molecular formula is C20H21F2NO2. The van der Waals surface area contributed by atoms with E-state index < -0.39 is 17.6 Å². The molecule has 0 saturated carbocycles. The van der Waals surface area contributed by atoms with Gasteiger partial charge in [-0.05, 0) is 73.7 Å². The zero-order valence-corrected chi connectivity index (χ0v) is 13.9. The largest absolute Gasteiger partial charge is 0.478 e. The lowest BCUT2D eigenvalue weighted by molar-refractivity contribution is 0.0697. The van der Waals surface area contributed by atoms with Gasteiger partial charge >= 0.3 is 5.97 Å². The number of benzene rings is 2. The van der Waals surface area contributed by atoms with Crippen LogP contribution < -0.4 is 0 Å². The Morgan fingerprint density at radius 2 is 1.60 bits per heavy atom. The third-order valence-corrected chi connectivity index (χ3v) is 4.76. The molecule has 2 aromatic carbocycles. The zero-order valence-electron chi connectivity index (χ0n) is 13.9. The predicted octanol–water partition coefficient (Wildman–Crippen LogP) is 4.12. The highest BCUT2D eigenvalue weighted by atomic mass is 19.1. The average Bonchev–Trinajstić information content (AvgIpc) is 2.56. The van der Waals surface area contributed by atoms with E-state index in [-0.39, 0.29) is 0 Å².